The van der Waals surface area contributed by atoms with Gasteiger partial charge in [0.05, 0.1) is 7.57 Å². The van der Waals surface area contributed by atoms with Crippen LogP contribution in [-0.4, -0.2) is 0 Å². The maximum Gasteiger partial charge on any atom is 0.0708 e. The highest BCUT2D eigenvalue weighted by atomic mass is 79.9. The van der Waals surface area contributed by atoms with Gasteiger partial charge in [-0.15, -0.1) is 45.3 Å². The van der Waals surface area contributed by atoms with E-state index in [-0.39, 0.29) is 0 Å². The summed E-state index contributed by atoms with van der Waals surface area (Å²) >= 11 is 15.4. The van der Waals surface area contributed by atoms with E-state index >= 15 is 0 Å². The molecule has 0 aliphatic rings. The molecule has 0 saturated carbocycles. The summed E-state index contributed by atoms with van der Waals surface area (Å²) in [6.07, 6.45) is 45.0. The summed E-state index contributed by atoms with van der Waals surface area (Å²) in [7, 11) is 0. The third-order valence-corrected chi connectivity index (χ3v) is 17.6. The van der Waals surface area contributed by atoms with E-state index in [1.165, 1.54) is 253 Å². The van der Waals surface area contributed by atoms with Gasteiger partial charge in [0.2, 0.25) is 0 Å². The fourth-order valence-corrected chi connectivity index (χ4v) is 13.9. The van der Waals surface area contributed by atoms with Crippen molar-refractivity contribution < 1.29 is 0 Å². The zero-order valence-electron chi connectivity index (χ0n) is 35.5. The Labute approximate surface area is 377 Å². The number of thiophene rings is 4. The smallest absolute Gasteiger partial charge is 0.0708 e. The molecule has 0 atom stereocenters. The van der Waals surface area contributed by atoms with E-state index in [9.17, 15) is 0 Å². The molecule has 0 amide bonds. The van der Waals surface area contributed by atoms with Crippen molar-refractivity contribution in [2.45, 2.75) is 219 Å². The molecule has 0 nitrogen and oxygen atoms in total. The Bertz CT molecular complexity index is 1430. The number of hydrogen-bond donors (Lipinski definition) is 0. The fourth-order valence-electron chi connectivity index (χ4n) is 8.14. The Morgan fingerprint density at radius 1 is 0.321 bits per heavy atom. The highest BCUT2D eigenvalue weighted by Gasteiger charge is 2.16. The SMILES string of the molecule is CCCCCCCCCCCCCCCCCc1cc(Br)sc1-c1ccc(-c2ccc(-c3sc(Br)cc3CCCCCCCCCCCCCCCCC)s2)s1. The quantitative estimate of drug-likeness (QED) is 0.0403. The van der Waals surface area contributed by atoms with E-state index in [0.717, 1.165) is 0 Å². The zero-order chi connectivity index (χ0) is 39.5. The summed E-state index contributed by atoms with van der Waals surface area (Å²) in [5, 5.41) is 0. The molecule has 0 N–H and O–H groups in total. The fraction of sp³-hybridized carbons (Fsp3) is 0.680. The molecule has 4 rings (SSSR count). The van der Waals surface area contributed by atoms with Crippen LogP contribution in [0.4, 0.5) is 0 Å². The Morgan fingerprint density at radius 2 is 0.571 bits per heavy atom. The molecule has 4 heterocycles. The molecule has 4 aromatic rings. The molecule has 0 aliphatic carbocycles. The van der Waals surface area contributed by atoms with Crippen LogP contribution in [0.1, 0.15) is 218 Å². The minimum Gasteiger partial charge on any atom is -0.134 e. The third kappa shape index (κ3) is 19.4. The number of unbranched alkanes of at least 4 members (excludes halogenated alkanes) is 28. The van der Waals surface area contributed by atoms with Crippen molar-refractivity contribution in [3.63, 3.8) is 0 Å². The molecule has 0 spiro atoms. The van der Waals surface area contributed by atoms with Crippen molar-refractivity contribution in [2.75, 3.05) is 0 Å². The van der Waals surface area contributed by atoms with Crippen molar-refractivity contribution in [1.29, 1.82) is 0 Å². The van der Waals surface area contributed by atoms with Crippen molar-refractivity contribution >= 4 is 77.2 Å². The van der Waals surface area contributed by atoms with Crippen LogP contribution in [0.15, 0.2) is 44.0 Å². The number of halogens is 2. The van der Waals surface area contributed by atoms with Crippen LogP contribution in [0.5, 0.6) is 0 Å². The Hall–Kier alpha value is -0.240. The molecule has 4 aromatic heterocycles. The van der Waals surface area contributed by atoms with E-state index < -0.39 is 0 Å². The first-order valence-corrected chi connectivity index (χ1v) is 28.2. The highest BCUT2D eigenvalue weighted by Crippen LogP contribution is 2.46. The first kappa shape index (κ1) is 48.4. The van der Waals surface area contributed by atoms with Gasteiger partial charge in [0, 0.05) is 29.3 Å². The lowest BCUT2D eigenvalue weighted by Crippen LogP contribution is -1.87. The van der Waals surface area contributed by atoms with Crippen LogP contribution in [0.3, 0.4) is 0 Å². The minimum atomic E-state index is 1.20. The van der Waals surface area contributed by atoms with Gasteiger partial charge in [-0.25, -0.2) is 0 Å². The van der Waals surface area contributed by atoms with E-state index in [1.54, 1.807) is 0 Å². The third-order valence-electron chi connectivity index (χ3n) is 11.6. The first-order valence-electron chi connectivity index (χ1n) is 23.4. The van der Waals surface area contributed by atoms with Gasteiger partial charge >= 0.3 is 0 Å². The minimum absolute atomic E-state index is 1.20. The maximum absolute atomic E-state index is 3.83. The lowest BCUT2D eigenvalue weighted by Gasteiger charge is -2.04. The maximum atomic E-state index is 3.83. The summed E-state index contributed by atoms with van der Waals surface area (Å²) in [5.41, 5.74) is 3.06. The van der Waals surface area contributed by atoms with Gasteiger partial charge in [-0.2, -0.15) is 0 Å². The van der Waals surface area contributed by atoms with Crippen molar-refractivity contribution in [2.24, 2.45) is 0 Å². The second-order valence-corrected chi connectivity index (χ2v) is 23.6. The molecule has 0 radical (unpaired) electrons. The molecule has 6 heteroatoms. The number of rotatable bonds is 35. The van der Waals surface area contributed by atoms with Gasteiger partial charge in [0.1, 0.15) is 0 Å². The molecule has 0 aromatic carbocycles. The van der Waals surface area contributed by atoms with Crippen molar-refractivity contribution in [3.05, 3.63) is 55.1 Å². The average Bonchev–Trinajstić information content (AvgIpc) is 4.02. The second-order valence-electron chi connectivity index (χ2n) is 16.5. The lowest BCUT2D eigenvalue weighted by molar-refractivity contribution is 0.532. The van der Waals surface area contributed by atoms with Gasteiger partial charge in [-0.05, 0) is 105 Å². The number of hydrogen-bond acceptors (Lipinski definition) is 4. The van der Waals surface area contributed by atoms with E-state index in [4.69, 9.17) is 0 Å². The van der Waals surface area contributed by atoms with Gasteiger partial charge in [-0.3, -0.25) is 0 Å². The molecule has 0 fully saturated rings. The topological polar surface area (TPSA) is 0 Å². The van der Waals surface area contributed by atoms with Crippen molar-refractivity contribution in [3.8, 4) is 29.3 Å². The second kappa shape index (κ2) is 30.7. The highest BCUT2D eigenvalue weighted by molar-refractivity contribution is 9.11. The number of aryl methyl sites for hydroxylation is 2. The van der Waals surface area contributed by atoms with Crippen LogP contribution in [0.25, 0.3) is 29.3 Å². The summed E-state index contributed by atoms with van der Waals surface area (Å²) in [4.78, 5) is 8.60. The predicted molar refractivity (Wildman–Crippen MR) is 267 cm³/mol. The molecule has 0 saturated heterocycles. The first-order chi connectivity index (χ1) is 27.6. The van der Waals surface area contributed by atoms with Crippen LogP contribution in [0, 0.1) is 0 Å². The van der Waals surface area contributed by atoms with Crippen LogP contribution < -0.4 is 0 Å². The van der Waals surface area contributed by atoms with Gasteiger partial charge in [-0.1, -0.05) is 194 Å². The van der Waals surface area contributed by atoms with E-state index in [0.29, 0.717) is 0 Å². The Kier molecular flexibility index (Phi) is 26.6. The van der Waals surface area contributed by atoms with Crippen LogP contribution >= 0.6 is 77.2 Å². The molecule has 56 heavy (non-hydrogen) atoms. The molecule has 0 bridgehead atoms. The normalized spacial score (nSPS) is 11.7. The average molecular weight is 965 g/mol. The Balaban J connectivity index is 1.11. The summed E-state index contributed by atoms with van der Waals surface area (Å²) in [6.45, 7) is 4.61. The van der Waals surface area contributed by atoms with Gasteiger partial charge in [0.15, 0.2) is 0 Å². The van der Waals surface area contributed by atoms with Gasteiger partial charge in [0.25, 0.3) is 0 Å². The molecule has 314 valence electrons. The molecule has 0 aliphatic heterocycles. The summed E-state index contributed by atoms with van der Waals surface area (Å²) < 4.78 is 2.53. The monoisotopic (exact) mass is 962 g/mol. The predicted octanol–water partition coefficient (Wildman–Crippen LogP) is 21.3. The lowest BCUT2D eigenvalue weighted by atomic mass is 10.0. The zero-order valence-corrected chi connectivity index (χ0v) is 41.9. The van der Waals surface area contributed by atoms with Crippen LogP contribution in [0.2, 0.25) is 0 Å². The van der Waals surface area contributed by atoms with Gasteiger partial charge < -0.3 is 0 Å². The molecular weight excluding hydrogens is 889 g/mol. The largest absolute Gasteiger partial charge is 0.134 e. The van der Waals surface area contributed by atoms with Crippen molar-refractivity contribution in [1.82, 2.24) is 0 Å². The van der Waals surface area contributed by atoms with E-state index in [2.05, 4.69) is 82.1 Å². The van der Waals surface area contributed by atoms with Crippen LogP contribution in [-0.2, 0) is 12.8 Å². The molecular formula is C50H76Br2S4. The Morgan fingerprint density at radius 3 is 0.857 bits per heavy atom. The summed E-state index contributed by atoms with van der Waals surface area (Å²) in [5.74, 6) is 0. The van der Waals surface area contributed by atoms with E-state index in [1.807, 2.05) is 45.3 Å². The standard InChI is InChI=1S/C50H76Br2S4/c1-3-5-7-9-11-13-15-17-19-21-23-25-27-29-31-33-41-39-47(51)55-49(41)45-37-35-43(53-45)44-36-38-46(54-44)50-42(40-48(52)56-50)34-32-30-28-26-24-22-20-18-16-14-12-10-8-6-4-2/h35-40H,3-34H2,1-2H3. The summed E-state index contributed by atoms with van der Waals surface area (Å²) in [6, 6.07) is 14.3. The molecule has 0 unspecified atom stereocenters.